The average Bonchev–Trinajstić information content (AvgIpc) is 2.55. The SMILES string of the molecule is Cc1ccc(C)c(OCCC(C#N)c2ccc(N(C)C)cc2)c1. The zero-order valence-corrected chi connectivity index (χ0v) is 14.3. The summed E-state index contributed by atoms with van der Waals surface area (Å²) in [5.74, 6) is 0.765. The lowest BCUT2D eigenvalue weighted by Gasteiger charge is -2.15. The van der Waals surface area contributed by atoms with Gasteiger partial charge in [-0.25, -0.2) is 0 Å². The Morgan fingerprint density at radius 2 is 1.78 bits per heavy atom. The van der Waals surface area contributed by atoms with Crippen LogP contribution in [-0.2, 0) is 0 Å². The lowest BCUT2D eigenvalue weighted by molar-refractivity contribution is 0.304. The second-order valence-corrected chi connectivity index (χ2v) is 6.07. The molecule has 0 bridgehead atoms. The average molecular weight is 308 g/mol. The van der Waals surface area contributed by atoms with Crippen LogP contribution >= 0.6 is 0 Å². The number of rotatable bonds is 6. The first-order chi connectivity index (χ1) is 11.0. The highest BCUT2D eigenvalue weighted by atomic mass is 16.5. The van der Waals surface area contributed by atoms with Crippen LogP contribution in [0.1, 0.15) is 29.0 Å². The van der Waals surface area contributed by atoms with Gasteiger partial charge in [-0.15, -0.1) is 0 Å². The molecule has 0 radical (unpaired) electrons. The van der Waals surface area contributed by atoms with Gasteiger partial charge in [0, 0.05) is 26.2 Å². The smallest absolute Gasteiger partial charge is 0.122 e. The van der Waals surface area contributed by atoms with Gasteiger partial charge in [-0.3, -0.25) is 0 Å². The summed E-state index contributed by atoms with van der Waals surface area (Å²) in [6.07, 6.45) is 0.686. The highest BCUT2D eigenvalue weighted by Gasteiger charge is 2.11. The number of aryl methyl sites for hydroxylation is 2. The van der Waals surface area contributed by atoms with E-state index in [9.17, 15) is 5.26 Å². The number of hydrogen-bond acceptors (Lipinski definition) is 3. The predicted octanol–water partition coefficient (Wildman–Crippen LogP) is 4.45. The lowest BCUT2D eigenvalue weighted by Crippen LogP contribution is -2.09. The zero-order chi connectivity index (χ0) is 16.8. The Kier molecular flexibility index (Phi) is 5.65. The summed E-state index contributed by atoms with van der Waals surface area (Å²) in [6.45, 7) is 4.63. The summed E-state index contributed by atoms with van der Waals surface area (Å²) in [5, 5.41) is 9.44. The molecule has 0 spiro atoms. The van der Waals surface area contributed by atoms with Crippen molar-refractivity contribution in [3.63, 3.8) is 0 Å². The molecule has 23 heavy (non-hydrogen) atoms. The Morgan fingerprint density at radius 3 is 2.39 bits per heavy atom. The second kappa shape index (κ2) is 7.69. The van der Waals surface area contributed by atoms with Crippen molar-refractivity contribution < 1.29 is 4.74 Å². The minimum atomic E-state index is -0.142. The van der Waals surface area contributed by atoms with Gasteiger partial charge in [0.25, 0.3) is 0 Å². The van der Waals surface area contributed by atoms with E-state index in [1.165, 1.54) is 5.56 Å². The van der Waals surface area contributed by atoms with Gasteiger partial charge in [0.15, 0.2) is 0 Å². The molecule has 1 atom stereocenters. The molecular weight excluding hydrogens is 284 g/mol. The van der Waals surface area contributed by atoms with Crippen LogP contribution < -0.4 is 9.64 Å². The number of benzene rings is 2. The van der Waals surface area contributed by atoms with Crippen LogP contribution in [0.5, 0.6) is 5.75 Å². The largest absolute Gasteiger partial charge is 0.493 e. The van der Waals surface area contributed by atoms with Crippen molar-refractivity contribution in [1.29, 1.82) is 5.26 Å². The van der Waals surface area contributed by atoms with Gasteiger partial charge in [-0.1, -0.05) is 24.3 Å². The summed E-state index contributed by atoms with van der Waals surface area (Å²) in [7, 11) is 4.02. The Bertz CT molecular complexity index is 684. The normalized spacial score (nSPS) is 11.6. The summed E-state index contributed by atoms with van der Waals surface area (Å²) in [5.41, 5.74) is 4.49. The zero-order valence-electron chi connectivity index (χ0n) is 14.3. The molecule has 0 aliphatic heterocycles. The third kappa shape index (κ3) is 4.50. The highest BCUT2D eigenvalue weighted by Crippen LogP contribution is 2.24. The Hall–Kier alpha value is -2.47. The van der Waals surface area contributed by atoms with Crippen LogP contribution in [0.2, 0.25) is 0 Å². The summed E-state index contributed by atoms with van der Waals surface area (Å²) >= 11 is 0. The van der Waals surface area contributed by atoms with Crippen molar-refractivity contribution >= 4 is 5.69 Å². The molecule has 0 aromatic heterocycles. The third-order valence-corrected chi connectivity index (χ3v) is 3.98. The van der Waals surface area contributed by atoms with E-state index in [1.54, 1.807) is 0 Å². The molecule has 3 nitrogen and oxygen atoms in total. The van der Waals surface area contributed by atoms with E-state index in [-0.39, 0.29) is 5.92 Å². The molecule has 120 valence electrons. The van der Waals surface area contributed by atoms with Gasteiger partial charge >= 0.3 is 0 Å². The topological polar surface area (TPSA) is 36.3 Å². The van der Waals surface area contributed by atoms with Crippen LogP contribution in [0.15, 0.2) is 42.5 Å². The van der Waals surface area contributed by atoms with Crippen molar-refractivity contribution in [2.45, 2.75) is 26.2 Å². The first-order valence-electron chi connectivity index (χ1n) is 7.88. The van der Waals surface area contributed by atoms with E-state index >= 15 is 0 Å². The first kappa shape index (κ1) is 16.9. The van der Waals surface area contributed by atoms with Crippen molar-refractivity contribution in [3.8, 4) is 11.8 Å². The van der Waals surface area contributed by atoms with Gasteiger partial charge in [0.1, 0.15) is 5.75 Å². The number of hydrogen-bond donors (Lipinski definition) is 0. The van der Waals surface area contributed by atoms with Gasteiger partial charge < -0.3 is 9.64 Å². The van der Waals surface area contributed by atoms with Gasteiger partial charge in [-0.2, -0.15) is 5.26 Å². The van der Waals surface area contributed by atoms with E-state index in [1.807, 2.05) is 51.4 Å². The van der Waals surface area contributed by atoms with E-state index in [0.717, 1.165) is 22.6 Å². The van der Waals surface area contributed by atoms with E-state index in [2.05, 4.69) is 30.0 Å². The van der Waals surface area contributed by atoms with Crippen molar-refractivity contribution in [3.05, 3.63) is 59.2 Å². The van der Waals surface area contributed by atoms with Gasteiger partial charge in [0.2, 0.25) is 0 Å². The van der Waals surface area contributed by atoms with Crippen molar-refractivity contribution in [2.24, 2.45) is 0 Å². The maximum absolute atomic E-state index is 9.44. The Balaban J connectivity index is 1.97. The molecule has 3 heteroatoms. The van der Waals surface area contributed by atoms with E-state index in [0.29, 0.717) is 13.0 Å². The molecule has 0 heterocycles. The number of nitriles is 1. The lowest BCUT2D eigenvalue weighted by atomic mass is 9.97. The van der Waals surface area contributed by atoms with Crippen LogP contribution in [0.25, 0.3) is 0 Å². The molecule has 2 aromatic rings. The number of ether oxygens (including phenoxy) is 1. The monoisotopic (exact) mass is 308 g/mol. The van der Waals surface area contributed by atoms with Crippen molar-refractivity contribution in [1.82, 2.24) is 0 Å². The summed E-state index contributed by atoms with van der Waals surface area (Å²) in [4.78, 5) is 2.05. The summed E-state index contributed by atoms with van der Waals surface area (Å²) < 4.78 is 5.87. The molecule has 0 aliphatic carbocycles. The van der Waals surface area contributed by atoms with E-state index in [4.69, 9.17) is 4.74 Å². The Labute approximate surface area is 139 Å². The van der Waals surface area contributed by atoms with E-state index < -0.39 is 0 Å². The molecule has 0 aliphatic rings. The molecule has 0 saturated heterocycles. The molecular formula is C20H24N2O. The molecule has 2 aromatic carbocycles. The molecule has 0 fully saturated rings. The quantitative estimate of drug-likeness (QED) is 0.791. The summed E-state index contributed by atoms with van der Waals surface area (Å²) in [6, 6.07) is 16.7. The van der Waals surface area contributed by atoms with Crippen molar-refractivity contribution in [2.75, 3.05) is 25.6 Å². The van der Waals surface area contributed by atoms with Gasteiger partial charge in [0.05, 0.1) is 18.6 Å². The second-order valence-electron chi connectivity index (χ2n) is 6.07. The molecule has 0 saturated carbocycles. The van der Waals surface area contributed by atoms with Crippen LogP contribution in [0.4, 0.5) is 5.69 Å². The molecule has 0 amide bonds. The minimum absolute atomic E-state index is 0.142. The number of nitrogens with zero attached hydrogens (tertiary/aromatic N) is 2. The minimum Gasteiger partial charge on any atom is -0.493 e. The molecule has 0 N–H and O–H groups in total. The van der Waals surface area contributed by atoms with Crippen LogP contribution in [0.3, 0.4) is 0 Å². The predicted molar refractivity (Wildman–Crippen MR) is 95.2 cm³/mol. The van der Waals surface area contributed by atoms with Gasteiger partial charge in [-0.05, 0) is 48.7 Å². The van der Waals surface area contributed by atoms with Crippen LogP contribution in [-0.4, -0.2) is 20.7 Å². The maximum Gasteiger partial charge on any atom is 0.122 e. The molecule has 2 rings (SSSR count). The maximum atomic E-state index is 9.44. The fourth-order valence-corrected chi connectivity index (χ4v) is 2.46. The first-order valence-corrected chi connectivity index (χ1v) is 7.88. The third-order valence-electron chi connectivity index (χ3n) is 3.98. The fourth-order valence-electron chi connectivity index (χ4n) is 2.46. The number of anilines is 1. The fraction of sp³-hybridized carbons (Fsp3) is 0.350. The van der Waals surface area contributed by atoms with Crippen LogP contribution in [0, 0.1) is 25.2 Å². The molecule has 1 unspecified atom stereocenters. The Morgan fingerprint density at radius 1 is 1.09 bits per heavy atom. The standard InChI is InChI=1S/C20H24N2O/c1-15-5-6-16(2)20(13-15)23-12-11-18(14-21)17-7-9-19(10-8-17)22(3)4/h5-10,13,18H,11-12H2,1-4H3. The highest BCUT2D eigenvalue weighted by molar-refractivity contribution is 5.47.